The van der Waals surface area contributed by atoms with E-state index in [1.165, 1.54) is 6.07 Å². The van der Waals surface area contributed by atoms with E-state index in [0.29, 0.717) is 5.82 Å². The Kier molecular flexibility index (Phi) is 4.16. The molecule has 0 aliphatic rings. The Bertz CT molecular complexity index is 602. The van der Waals surface area contributed by atoms with Gasteiger partial charge in [0.15, 0.2) is 5.69 Å². The number of rotatable bonds is 4. The van der Waals surface area contributed by atoms with Crippen LogP contribution in [0.1, 0.15) is 29.0 Å². The fraction of sp³-hybridized carbons (Fsp3) is 0.143. The fourth-order valence-electron chi connectivity index (χ4n) is 1.72. The molecule has 1 atom stereocenters. The maximum absolute atomic E-state index is 10.9. The van der Waals surface area contributed by atoms with Crippen LogP contribution in [0.5, 0.6) is 0 Å². The molecule has 0 radical (unpaired) electrons. The van der Waals surface area contributed by atoms with Gasteiger partial charge < -0.3 is 10.4 Å². The van der Waals surface area contributed by atoms with Crippen molar-refractivity contribution in [1.29, 1.82) is 0 Å². The predicted molar refractivity (Wildman–Crippen MR) is 77.4 cm³/mol. The Morgan fingerprint density at radius 2 is 2.05 bits per heavy atom. The van der Waals surface area contributed by atoms with Crippen LogP contribution in [0.2, 0.25) is 0 Å². The van der Waals surface area contributed by atoms with Gasteiger partial charge >= 0.3 is 5.97 Å². The van der Waals surface area contributed by atoms with Crippen molar-refractivity contribution in [3.63, 3.8) is 0 Å². The molecule has 0 saturated heterocycles. The number of carbonyl (C=O) groups is 1. The summed E-state index contributed by atoms with van der Waals surface area (Å²) in [4.78, 5) is 14.9. The van der Waals surface area contributed by atoms with Crippen molar-refractivity contribution >= 4 is 27.7 Å². The molecular formula is C14H13BrN2O2. The second-order valence-electron chi connectivity index (χ2n) is 4.13. The number of carboxylic acids is 1. The summed E-state index contributed by atoms with van der Waals surface area (Å²) >= 11 is 3.43. The van der Waals surface area contributed by atoms with Gasteiger partial charge in [-0.3, -0.25) is 0 Å². The smallest absolute Gasteiger partial charge is 0.354 e. The van der Waals surface area contributed by atoms with Crippen LogP contribution in [0.15, 0.2) is 46.9 Å². The van der Waals surface area contributed by atoms with Gasteiger partial charge in [-0.25, -0.2) is 9.78 Å². The van der Waals surface area contributed by atoms with Crippen LogP contribution in [0.4, 0.5) is 5.82 Å². The topological polar surface area (TPSA) is 62.2 Å². The van der Waals surface area contributed by atoms with Gasteiger partial charge in [-0.15, -0.1) is 0 Å². The first kappa shape index (κ1) is 13.5. The summed E-state index contributed by atoms with van der Waals surface area (Å²) in [6.45, 7) is 2.00. The molecule has 1 aromatic carbocycles. The Morgan fingerprint density at radius 1 is 1.32 bits per heavy atom. The van der Waals surface area contributed by atoms with E-state index in [1.807, 2.05) is 31.2 Å². The fourth-order valence-corrected chi connectivity index (χ4v) is 2.13. The van der Waals surface area contributed by atoms with Gasteiger partial charge in [-0.1, -0.05) is 34.1 Å². The minimum Gasteiger partial charge on any atom is -0.477 e. The molecule has 0 aliphatic carbocycles. The first-order valence-corrected chi connectivity index (χ1v) is 6.58. The summed E-state index contributed by atoms with van der Waals surface area (Å²) in [5.74, 6) is -0.480. The molecule has 0 amide bonds. The number of hydrogen-bond acceptors (Lipinski definition) is 3. The first-order chi connectivity index (χ1) is 9.06. The van der Waals surface area contributed by atoms with Crippen molar-refractivity contribution in [2.24, 2.45) is 0 Å². The summed E-state index contributed by atoms with van der Waals surface area (Å²) in [7, 11) is 0. The van der Waals surface area contributed by atoms with E-state index in [2.05, 4.69) is 26.2 Å². The van der Waals surface area contributed by atoms with Gasteiger partial charge in [0, 0.05) is 10.5 Å². The number of carboxylic acid groups (broad SMARTS) is 1. The molecule has 1 heterocycles. The molecule has 0 bridgehead atoms. The lowest BCUT2D eigenvalue weighted by Gasteiger charge is -2.15. The van der Waals surface area contributed by atoms with Crippen molar-refractivity contribution in [2.75, 3.05) is 5.32 Å². The van der Waals surface area contributed by atoms with E-state index in [-0.39, 0.29) is 11.7 Å². The van der Waals surface area contributed by atoms with Crippen LogP contribution in [-0.4, -0.2) is 16.1 Å². The number of hydrogen-bond donors (Lipinski definition) is 2. The zero-order valence-corrected chi connectivity index (χ0v) is 11.9. The third-order valence-electron chi connectivity index (χ3n) is 2.68. The van der Waals surface area contributed by atoms with Gasteiger partial charge in [0.05, 0.1) is 0 Å². The second-order valence-corrected chi connectivity index (χ2v) is 5.05. The molecule has 1 unspecified atom stereocenters. The lowest BCUT2D eigenvalue weighted by molar-refractivity contribution is 0.0690. The minimum atomic E-state index is -1.03. The largest absolute Gasteiger partial charge is 0.477 e. The molecule has 2 N–H and O–H groups in total. The second kappa shape index (κ2) is 5.84. The van der Waals surface area contributed by atoms with Crippen LogP contribution < -0.4 is 5.32 Å². The van der Waals surface area contributed by atoms with Crippen LogP contribution in [0.25, 0.3) is 0 Å². The third-order valence-corrected chi connectivity index (χ3v) is 3.17. The minimum absolute atomic E-state index is 0.0337. The van der Waals surface area contributed by atoms with Crippen molar-refractivity contribution in [3.8, 4) is 0 Å². The molecule has 0 saturated carbocycles. The molecule has 19 heavy (non-hydrogen) atoms. The number of benzene rings is 1. The summed E-state index contributed by atoms with van der Waals surface area (Å²) in [5, 5.41) is 12.1. The molecule has 2 aromatic rings. The molecule has 2 rings (SSSR count). The van der Waals surface area contributed by atoms with Crippen LogP contribution in [0, 0.1) is 0 Å². The Hall–Kier alpha value is -1.88. The molecule has 0 spiro atoms. The van der Waals surface area contributed by atoms with Crippen molar-refractivity contribution in [3.05, 3.63) is 58.2 Å². The highest BCUT2D eigenvalue weighted by atomic mass is 79.9. The summed E-state index contributed by atoms with van der Waals surface area (Å²) in [5.41, 5.74) is 1.13. The number of halogens is 1. The lowest BCUT2D eigenvalue weighted by atomic mass is 10.1. The maximum atomic E-state index is 10.9. The van der Waals surface area contributed by atoms with E-state index in [4.69, 9.17) is 5.11 Å². The van der Waals surface area contributed by atoms with Crippen LogP contribution >= 0.6 is 15.9 Å². The van der Waals surface area contributed by atoms with Gasteiger partial charge in [0.2, 0.25) is 0 Å². The lowest BCUT2D eigenvalue weighted by Crippen LogP contribution is -2.09. The Morgan fingerprint density at radius 3 is 2.74 bits per heavy atom. The highest BCUT2D eigenvalue weighted by Gasteiger charge is 2.09. The monoisotopic (exact) mass is 320 g/mol. The van der Waals surface area contributed by atoms with Crippen LogP contribution in [-0.2, 0) is 0 Å². The summed E-state index contributed by atoms with van der Waals surface area (Å²) in [6.07, 6.45) is 0. The number of pyridine rings is 1. The molecule has 1 aromatic heterocycles. The van der Waals surface area contributed by atoms with Crippen molar-refractivity contribution < 1.29 is 9.90 Å². The summed E-state index contributed by atoms with van der Waals surface area (Å²) < 4.78 is 1.01. The van der Waals surface area contributed by atoms with Gasteiger partial charge in [0.25, 0.3) is 0 Å². The normalized spacial score (nSPS) is 11.9. The Labute approximate surface area is 119 Å². The van der Waals surface area contributed by atoms with Gasteiger partial charge in [-0.05, 0) is 36.8 Å². The average Bonchev–Trinajstić information content (AvgIpc) is 2.39. The SMILES string of the molecule is CC(Nc1cccc(C(=O)O)n1)c1cccc(Br)c1. The number of nitrogens with zero attached hydrogens (tertiary/aromatic N) is 1. The predicted octanol–water partition coefficient (Wildman–Crippen LogP) is 3.72. The molecule has 5 heteroatoms. The van der Waals surface area contributed by atoms with Crippen molar-refractivity contribution in [2.45, 2.75) is 13.0 Å². The van der Waals surface area contributed by atoms with E-state index in [0.717, 1.165) is 10.0 Å². The summed E-state index contributed by atoms with van der Waals surface area (Å²) in [6, 6.07) is 12.9. The van der Waals surface area contributed by atoms with E-state index >= 15 is 0 Å². The number of anilines is 1. The van der Waals surface area contributed by atoms with E-state index in [1.54, 1.807) is 12.1 Å². The molecule has 0 aliphatic heterocycles. The first-order valence-electron chi connectivity index (χ1n) is 5.78. The van der Waals surface area contributed by atoms with Gasteiger partial charge in [0.1, 0.15) is 5.82 Å². The number of aromatic nitrogens is 1. The highest BCUT2D eigenvalue weighted by molar-refractivity contribution is 9.10. The maximum Gasteiger partial charge on any atom is 0.354 e. The van der Waals surface area contributed by atoms with E-state index < -0.39 is 5.97 Å². The average molecular weight is 321 g/mol. The van der Waals surface area contributed by atoms with Crippen LogP contribution in [0.3, 0.4) is 0 Å². The molecule has 0 fully saturated rings. The molecule has 98 valence electrons. The van der Waals surface area contributed by atoms with Gasteiger partial charge in [-0.2, -0.15) is 0 Å². The molecular weight excluding hydrogens is 308 g/mol. The quantitative estimate of drug-likeness (QED) is 0.901. The standard InChI is InChI=1S/C14H13BrN2O2/c1-9(10-4-2-5-11(15)8-10)16-13-7-3-6-12(17-13)14(18)19/h2-9H,1H3,(H,16,17)(H,18,19). The third kappa shape index (κ3) is 3.54. The Balaban J connectivity index is 2.17. The highest BCUT2D eigenvalue weighted by Crippen LogP contribution is 2.21. The number of aromatic carboxylic acids is 1. The zero-order chi connectivity index (χ0) is 13.8. The molecule has 4 nitrogen and oxygen atoms in total. The van der Waals surface area contributed by atoms with E-state index in [9.17, 15) is 4.79 Å². The van der Waals surface area contributed by atoms with Crippen molar-refractivity contribution in [1.82, 2.24) is 4.98 Å². The number of nitrogens with one attached hydrogen (secondary N) is 1. The zero-order valence-electron chi connectivity index (χ0n) is 10.3.